The van der Waals surface area contributed by atoms with Crippen molar-refractivity contribution in [2.45, 2.75) is 92.9 Å². The number of phenolic OH excluding ortho intramolecular Hbond substituents is 2. The van der Waals surface area contributed by atoms with E-state index in [1.165, 1.54) is 32.1 Å². The lowest BCUT2D eigenvalue weighted by atomic mass is 9.83. The Labute approximate surface area is 293 Å². The van der Waals surface area contributed by atoms with Crippen molar-refractivity contribution in [3.8, 4) is 45.7 Å². The molecular formula is C42H55N3O4. The lowest BCUT2D eigenvalue weighted by Gasteiger charge is -2.25. The molecule has 3 atom stereocenters. The molecular weight excluding hydrogens is 610 g/mol. The van der Waals surface area contributed by atoms with Gasteiger partial charge in [-0.15, -0.1) is 0 Å². The van der Waals surface area contributed by atoms with Gasteiger partial charge >= 0.3 is 5.97 Å². The molecule has 4 rings (SSSR count). The zero-order chi connectivity index (χ0) is 35.3. The van der Waals surface area contributed by atoms with E-state index >= 15 is 0 Å². The van der Waals surface area contributed by atoms with Crippen molar-refractivity contribution in [2.75, 3.05) is 6.61 Å². The van der Waals surface area contributed by atoms with Gasteiger partial charge in [0.1, 0.15) is 11.5 Å². The van der Waals surface area contributed by atoms with Crippen molar-refractivity contribution in [2.24, 2.45) is 29.6 Å². The third kappa shape index (κ3) is 11.4. The normalized spacial score (nSPS) is 13.4. The van der Waals surface area contributed by atoms with E-state index < -0.39 is 0 Å². The van der Waals surface area contributed by atoms with E-state index in [1.807, 2.05) is 0 Å². The number of ether oxygens (including phenoxy) is 1. The standard InChI is InChI=1S/C42H55N3O4/c1-28(2)13-11-15-30(5)21-22-34(31(6)16-12-14-29(3)4)27-49-42(48)33-25-23-32(24-26-33)39-43-40(35-17-7-9-19-37(35)46)45-41(44-39)36-18-8-10-20-38(36)47/h7-10,17-20,23-26,28-31,34,46-47H,11-16,21-22,27H2,1-6H3. The fraction of sp³-hybridized carbons (Fsp3) is 0.476. The van der Waals surface area contributed by atoms with Crippen LogP contribution in [-0.2, 0) is 4.74 Å². The van der Waals surface area contributed by atoms with Gasteiger partial charge in [-0.25, -0.2) is 19.7 Å². The number of phenols is 2. The third-order valence-corrected chi connectivity index (χ3v) is 9.49. The highest BCUT2D eigenvalue weighted by atomic mass is 16.5. The van der Waals surface area contributed by atoms with Crippen LogP contribution in [-0.4, -0.2) is 37.7 Å². The molecule has 2 N–H and O–H groups in total. The summed E-state index contributed by atoms with van der Waals surface area (Å²) >= 11 is 0. The fourth-order valence-electron chi connectivity index (χ4n) is 6.23. The molecule has 0 radical (unpaired) electrons. The topological polar surface area (TPSA) is 105 Å². The maximum absolute atomic E-state index is 13.3. The number of benzene rings is 3. The Morgan fingerprint density at radius 1 is 0.612 bits per heavy atom. The minimum Gasteiger partial charge on any atom is -0.507 e. The van der Waals surface area contributed by atoms with Crippen LogP contribution in [0.25, 0.3) is 34.2 Å². The first kappa shape index (κ1) is 37.6. The molecule has 1 aromatic heterocycles. The van der Waals surface area contributed by atoms with Gasteiger partial charge in [0.2, 0.25) is 0 Å². The van der Waals surface area contributed by atoms with Gasteiger partial charge in [0.05, 0.1) is 23.3 Å². The summed E-state index contributed by atoms with van der Waals surface area (Å²) in [6.45, 7) is 14.2. The summed E-state index contributed by atoms with van der Waals surface area (Å²) in [6.07, 6.45) is 9.59. The van der Waals surface area contributed by atoms with E-state index in [2.05, 4.69) is 56.5 Å². The summed E-state index contributed by atoms with van der Waals surface area (Å²) in [5, 5.41) is 21.1. The van der Waals surface area contributed by atoms with Gasteiger partial charge in [0, 0.05) is 5.56 Å². The zero-order valence-electron chi connectivity index (χ0n) is 30.2. The number of carbonyl (C=O) groups excluding carboxylic acids is 1. The Morgan fingerprint density at radius 3 is 1.65 bits per heavy atom. The van der Waals surface area contributed by atoms with Gasteiger partial charge < -0.3 is 14.9 Å². The summed E-state index contributed by atoms with van der Waals surface area (Å²) in [5.41, 5.74) is 2.02. The molecule has 7 heteroatoms. The molecule has 0 aliphatic rings. The van der Waals surface area contributed by atoms with Crippen molar-refractivity contribution >= 4 is 5.97 Å². The van der Waals surface area contributed by atoms with Crippen molar-refractivity contribution in [1.82, 2.24) is 15.0 Å². The highest BCUT2D eigenvalue weighted by Gasteiger charge is 2.22. The maximum Gasteiger partial charge on any atom is 0.338 e. The predicted molar refractivity (Wildman–Crippen MR) is 198 cm³/mol. The number of aromatic hydroxyl groups is 2. The number of hydrogen-bond donors (Lipinski definition) is 2. The van der Waals surface area contributed by atoms with Crippen LogP contribution >= 0.6 is 0 Å². The molecule has 262 valence electrons. The molecule has 0 saturated heterocycles. The minimum absolute atomic E-state index is 0.0362. The highest BCUT2D eigenvalue weighted by molar-refractivity contribution is 5.90. The van der Waals surface area contributed by atoms with Crippen molar-refractivity contribution in [3.05, 3.63) is 78.4 Å². The average molecular weight is 666 g/mol. The maximum atomic E-state index is 13.3. The third-order valence-electron chi connectivity index (χ3n) is 9.49. The lowest BCUT2D eigenvalue weighted by Crippen LogP contribution is -2.21. The molecule has 1 heterocycles. The van der Waals surface area contributed by atoms with E-state index in [9.17, 15) is 15.0 Å². The van der Waals surface area contributed by atoms with E-state index in [0.717, 1.165) is 25.2 Å². The monoisotopic (exact) mass is 665 g/mol. The van der Waals surface area contributed by atoms with Crippen LogP contribution in [0.3, 0.4) is 0 Å². The summed E-state index contributed by atoms with van der Waals surface area (Å²) in [5.74, 6) is 3.55. The smallest absolute Gasteiger partial charge is 0.338 e. The Balaban J connectivity index is 1.49. The second kappa shape index (κ2) is 18.5. The highest BCUT2D eigenvalue weighted by Crippen LogP contribution is 2.33. The average Bonchev–Trinajstić information content (AvgIpc) is 3.08. The molecule has 0 aliphatic carbocycles. The SMILES string of the molecule is CC(C)CCCC(C)CCC(COC(=O)c1ccc(-c2nc(-c3ccccc3O)nc(-c3ccccc3O)n2)cc1)C(C)CCCC(C)C. The Kier molecular flexibility index (Phi) is 14.2. The van der Waals surface area contributed by atoms with E-state index in [0.29, 0.717) is 58.4 Å². The quantitative estimate of drug-likeness (QED) is 0.102. The summed E-state index contributed by atoms with van der Waals surface area (Å²) < 4.78 is 5.97. The Morgan fingerprint density at radius 2 is 1.12 bits per heavy atom. The van der Waals surface area contributed by atoms with Gasteiger partial charge in [-0.05, 0) is 72.4 Å². The van der Waals surface area contributed by atoms with Crippen LogP contribution in [0.15, 0.2) is 72.8 Å². The van der Waals surface area contributed by atoms with E-state index in [1.54, 1.807) is 72.8 Å². The molecule has 3 aromatic carbocycles. The molecule has 0 saturated carbocycles. The molecule has 0 aliphatic heterocycles. The minimum atomic E-state index is -0.337. The Bertz CT molecular complexity index is 1560. The molecule has 7 nitrogen and oxygen atoms in total. The molecule has 0 bridgehead atoms. The first-order valence-electron chi connectivity index (χ1n) is 18.1. The number of nitrogens with zero attached hydrogens (tertiary/aromatic N) is 3. The lowest BCUT2D eigenvalue weighted by molar-refractivity contribution is 0.0375. The van der Waals surface area contributed by atoms with Crippen molar-refractivity contribution in [1.29, 1.82) is 0 Å². The van der Waals surface area contributed by atoms with Crippen LogP contribution in [0.2, 0.25) is 0 Å². The number of carbonyl (C=O) groups is 1. The second-order valence-corrected chi connectivity index (χ2v) is 14.6. The van der Waals surface area contributed by atoms with Crippen LogP contribution in [0, 0.1) is 29.6 Å². The van der Waals surface area contributed by atoms with Crippen LogP contribution in [0.4, 0.5) is 0 Å². The largest absolute Gasteiger partial charge is 0.507 e. The van der Waals surface area contributed by atoms with Crippen LogP contribution in [0.1, 0.15) is 103 Å². The van der Waals surface area contributed by atoms with Crippen molar-refractivity contribution < 1.29 is 19.7 Å². The molecule has 0 spiro atoms. The summed E-state index contributed by atoms with van der Waals surface area (Å²) in [4.78, 5) is 27.2. The Hall–Kier alpha value is -4.26. The van der Waals surface area contributed by atoms with Crippen LogP contribution < -0.4 is 0 Å². The molecule has 0 fully saturated rings. The first-order chi connectivity index (χ1) is 23.5. The molecule has 4 aromatic rings. The van der Waals surface area contributed by atoms with Gasteiger partial charge in [0.15, 0.2) is 17.5 Å². The summed E-state index contributed by atoms with van der Waals surface area (Å²) in [6, 6.07) is 20.7. The van der Waals surface area contributed by atoms with Gasteiger partial charge in [-0.3, -0.25) is 0 Å². The first-order valence-corrected chi connectivity index (χ1v) is 18.1. The number of rotatable bonds is 18. The number of aromatic nitrogens is 3. The van der Waals surface area contributed by atoms with E-state index in [-0.39, 0.29) is 29.1 Å². The molecule has 0 amide bonds. The van der Waals surface area contributed by atoms with E-state index in [4.69, 9.17) is 4.74 Å². The van der Waals surface area contributed by atoms with Gasteiger partial charge in [-0.2, -0.15) is 0 Å². The number of esters is 1. The van der Waals surface area contributed by atoms with Crippen molar-refractivity contribution in [3.63, 3.8) is 0 Å². The number of para-hydroxylation sites is 2. The van der Waals surface area contributed by atoms with Gasteiger partial charge in [-0.1, -0.05) is 123 Å². The predicted octanol–water partition coefficient (Wildman–Crippen LogP) is 10.8. The number of hydrogen-bond acceptors (Lipinski definition) is 7. The molecule has 3 unspecified atom stereocenters. The fourth-order valence-corrected chi connectivity index (χ4v) is 6.23. The summed E-state index contributed by atoms with van der Waals surface area (Å²) in [7, 11) is 0. The zero-order valence-corrected chi connectivity index (χ0v) is 30.2. The molecule has 49 heavy (non-hydrogen) atoms. The van der Waals surface area contributed by atoms with Gasteiger partial charge in [0.25, 0.3) is 0 Å². The second-order valence-electron chi connectivity index (χ2n) is 14.6. The van der Waals surface area contributed by atoms with Crippen LogP contribution in [0.5, 0.6) is 11.5 Å².